The molecular weight excluding hydrogens is 232 g/mol. The van der Waals surface area contributed by atoms with Crippen LogP contribution in [0.3, 0.4) is 0 Å². The zero-order valence-corrected chi connectivity index (χ0v) is 11.9. The fraction of sp³-hybridized carbons (Fsp3) is 0.571. The first-order valence-electron chi connectivity index (χ1n) is 6.02. The highest BCUT2D eigenvalue weighted by atomic mass is 32.2. The minimum atomic E-state index is 0.771. The van der Waals surface area contributed by atoms with Crippen LogP contribution in [-0.4, -0.2) is 16.8 Å². The average molecular weight is 252 g/mol. The lowest BCUT2D eigenvalue weighted by Crippen LogP contribution is -2.10. The molecule has 1 aliphatic heterocycles. The molecule has 0 amide bonds. The highest BCUT2D eigenvalue weighted by molar-refractivity contribution is 8.00. The minimum absolute atomic E-state index is 0.771. The number of thioether (sulfide) groups is 2. The molecule has 1 aromatic rings. The van der Waals surface area contributed by atoms with E-state index in [9.17, 15) is 0 Å². The summed E-state index contributed by atoms with van der Waals surface area (Å²) in [6.07, 6.45) is 0. The zero-order valence-electron chi connectivity index (χ0n) is 10.3. The predicted octanol–water partition coefficient (Wildman–Crippen LogP) is 4.65. The molecule has 16 heavy (non-hydrogen) atoms. The van der Waals surface area contributed by atoms with E-state index in [1.54, 1.807) is 5.56 Å². The highest BCUT2D eigenvalue weighted by Crippen LogP contribution is 2.41. The predicted molar refractivity (Wildman–Crippen MR) is 76.7 cm³/mol. The summed E-state index contributed by atoms with van der Waals surface area (Å²) in [6, 6.07) is 8.89. The first-order chi connectivity index (χ1) is 7.68. The molecule has 0 spiro atoms. The quantitative estimate of drug-likeness (QED) is 0.765. The van der Waals surface area contributed by atoms with Crippen molar-refractivity contribution < 1.29 is 0 Å². The summed E-state index contributed by atoms with van der Waals surface area (Å²) in [5, 5.41) is 0.776. The molecule has 0 saturated heterocycles. The summed E-state index contributed by atoms with van der Waals surface area (Å²) in [7, 11) is 0. The van der Waals surface area contributed by atoms with Crippen LogP contribution in [0.1, 0.15) is 32.3 Å². The summed E-state index contributed by atoms with van der Waals surface area (Å²) in [6.45, 7) is 6.98. The van der Waals surface area contributed by atoms with Crippen LogP contribution in [0.25, 0.3) is 0 Å². The molecule has 0 radical (unpaired) electrons. The van der Waals surface area contributed by atoms with Crippen LogP contribution in [0.4, 0.5) is 0 Å². The van der Waals surface area contributed by atoms with Crippen LogP contribution < -0.4 is 0 Å². The summed E-state index contributed by atoms with van der Waals surface area (Å²) < 4.78 is 0. The van der Waals surface area contributed by atoms with E-state index in [0.717, 1.165) is 17.1 Å². The minimum Gasteiger partial charge on any atom is -0.158 e. The first kappa shape index (κ1) is 12.4. The van der Waals surface area contributed by atoms with Crippen LogP contribution in [0.15, 0.2) is 29.2 Å². The van der Waals surface area contributed by atoms with Gasteiger partial charge in [0, 0.05) is 27.6 Å². The van der Waals surface area contributed by atoms with Gasteiger partial charge in [-0.15, -0.1) is 11.8 Å². The number of benzene rings is 1. The second-order valence-corrected chi connectivity index (χ2v) is 7.30. The molecule has 2 unspecified atom stereocenters. The average Bonchev–Trinajstić information content (AvgIpc) is 2.69. The Labute approximate surface area is 108 Å². The van der Waals surface area contributed by atoms with Crippen molar-refractivity contribution in [3.8, 4) is 0 Å². The molecule has 0 aliphatic carbocycles. The third kappa shape index (κ3) is 2.78. The van der Waals surface area contributed by atoms with Gasteiger partial charge in [-0.3, -0.25) is 0 Å². The smallest absolute Gasteiger partial charge is 0.0108 e. The monoisotopic (exact) mass is 252 g/mol. The van der Waals surface area contributed by atoms with E-state index in [0.29, 0.717) is 0 Å². The molecule has 2 atom stereocenters. The third-order valence-electron chi connectivity index (χ3n) is 3.30. The van der Waals surface area contributed by atoms with Crippen LogP contribution >= 0.6 is 23.5 Å². The molecule has 0 aromatic heterocycles. The molecule has 2 heteroatoms. The lowest BCUT2D eigenvalue weighted by Gasteiger charge is -2.17. The van der Waals surface area contributed by atoms with Gasteiger partial charge in [0.05, 0.1) is 0 Å². The van der Waals surface area contributed by atoms with Gasteiger partial charge in [0.25, 0.3) is 0 Å². The Hall–Kier alpha value is -0.0800. The van der Waals surface area contributed by atoms with Gasteiger partial charge >= 0.3 is 0 Å². The summed E-state index contributed by atoms with van der Waals surface area (Å²) >= 11 is 4.15. The van der Waals surface area contributed by atoms with E-state index >= 15 is 0 Å². The van der Waals surface area contributed by atoms with Gasteiger partial charge in [-0.25, -0.2) is 0 Å². The van der Waals surface area contributed by atoms with Gasteiger partial charge < -0.3 is 0 Å². The van der Waals surface area contributed by atoms with Gasteiger partial charge in [0.1, 0.15) is 0 Å². The molecule has 0 fully saturated rings. The topological polar surface area (TPSA) is 0 Å². The fourth-order valence-corrected chi connectivity index (χ4v) is 4.45. The van der Waals surface area contributed by atoms with Crippen molar-refractivity contribution in [2.75, 3.05) is 11.5 Å². The van der Waals surface area contributed by atoms with Crippen molar-refractivity contribution in [1.29, 1.82) is 0 Å². The van der Waals surface area contributed by atoms with Crippen molar-refractivity contribution in [3.63, 3.8) is 0 Å². The Morgan fingerprint density at radius 1 is 1.31 bits per heavy atom. The van der Waals surface area contributed by atoms with Crippen LogP contribution in [0.2, 0.25) is 0 Å². The van der Waals surface area contributed by atoms with Gasteiger partial charge in [-0.05, 0) is 17.5 Å². The Balaban J connectivity index is 1.93. The normalized spacial score (nSPS) is 21.1. The summed E-state index contributed by atoms with van der Waals surface area (Å²) in [5.41, 5.74) is 1.58. The van der Waals surface area contributed by atoms with E-state index in [1.807, 2.05) is 11.8 Å². The Morgan fingerprint density at radius 3 is 2.81 bits per heavy atom. The molecule has 1 aromatic carbocycles. The van der Waals surface area contributed by atoms with E-state index in [-0.39, 0.29) is 0 Å². The van der Waals surface area contributed by atoms with E-state index < -0.39 is 0 Å². The Bertz CT molecular complexity index is 346. The maximum atomic E-state index is 2.35. The van der Waals surface area contributed by atoms with Crippen molar-refractivity contribution in [2.45, 2.75) is 36.8 Å². The second kappa shape index (κ2) is 5.50. The number of rotatable bonds is 4. The van der Waals surface area contributed by atoms with Crippen LogP contribution in [-0.2, 0) is 0 Å². The molecule has 1 heterocycles. The van der Waals surface area contributed by atoms with Crippen LogP contribution in [0, 0.1) is 5.92 Å². The number of fused-ring (bicyclic) bond motifs is 1. The number of hydrogen-bond acceptors (Lipinski definition) is 2. The van der Waals surface area contributed by atoms with Gasteiger partial charge in [0.15, 0.2) is 0 Å². The lowest BCUT2D eigenvalue weighted by atomic mass is 10.0. The van der Waals surface area contributed by atoms with Gasteiger partial charge in [0.2, 0.25) is 0 Å². The standard InChI is InChI=1S/C14H20S2/c1-10(2)11(3)15-8-12-9-16-14-7-5-4-6-13(12)14/h4-7,10-12H,8-9H2,1-3H3. The molecule has 0 bridgehead atoms. The lowest BCUT2D eigenvalue weighted by molar-refractivity contribution is 0.641. The van der Waals surface area contributed by atoms with E-state index in [4.69, 9.17) is 0 Å². The van der Waals surface area contributed by atoms with E-state index in [1.165, 1.54) is 16.4 Å². The largest absolute Gasteiger partial charge is 0.158 e. The van der Waals surface area contributed by atoms with Crippen LogP contribution in [0.5, 0.6) is 0 Å². The highest BCUT2D eigenvalue weighted by Gasteiger charge is 2.23. The SMILES string of the molecule is CC(C)C(C)SCC1CSc2ccccc21. The van der Waals surface area contributed by atoms with Crippen molar-refractivity contribution in [2.24, 2.45) is 5.92 Å². The Morgan fingerprint density at radius 2 is 2.06 bits per heavy atom. The molecule has 0 N–H and O–H groups in total. The molecule has 88 valence electrons. The van der Waals surface area contributed by atoms with Gasteiger partial charge in [-0.1, -0.05) is 39.0 Å². The third-order valence-corrected chi connectivity index (χ3v) is 6.21. The molecule has 0 nitrogen and oxygen atoms in total. The maximum Gasteiger partial charge on any atom is 0.0108 e. The van der Waals surface area contributed by atoms with Crippen molar-refractivity contribution in [1.82, 2.24) is 0 Å². The fourth-order valence-electron chi connectivity index (χ4n) is 1.83. The van der Waals surface area contributed by atoms with Crippen molar-refractivity contribution in [3.05, 3.63) is 29.8 Å². The first-order valence-corrected chi connectivity index (χ1v) is 8.05. The molecule has 0 saturated carbocycles. The Kier molecular flexibility index (Phi) is 4.26. The number of hydrogen-bond donors (Lipinski definition) is 0. The second-order valence-electron chi connectivity index (χ2n) is 4.83. The van der Waals surface area contributed by atoms with Crippen molar-refractivity contribution >= 4 is 23.5 Å². The molecule has 1 aliphatic rings. The van der Waals surface area contributed by atoms with Gasteiger partial charge in [-0.2, -0.15) is 11.8 Å². The summed E-state index contributed by atoms with van der Waals surface area (Å²) in [4.78, 5) is 1.50. The summed E-state index contributed by atoms with van der Waals surface area (Å²) in [5.74, 6) is 4.11. The molecular formula is C14H20S2. The zero-order chi connectivity index (χ0) is 11.5. The molecule has 2 rings (SSSR count). The van der Waals surface area contributed by atoms with E-state index in [2.05, 4.69) is 56.8 Å². The maximum absolute atomic E-state index is 2.35.